The molecule has 0 saturated heterocycles. The monoisotopic (exact) mass is 382 g/mol. The van der Waals surface area contributed by atoms with Crippen molar-refractivity contribution in [3.8, 4) is 11.5 Å². The maximum Gasteiger partial charge on any atom is 0.341 e. The average molecular weight is 382 g/mol. The lowest BCUT2D eigenvalue weighted by molar-refractivity contribution is -0.139. The van der Waals surface area contributed by atoms with Crippen molar-refractivity contribution in [2.75, 3.05) is 13.2 Å². The van der Waals surface area contributed by atoms with Gasteiger partial charge in [0.25, 0.3) is 0 Å². The standard InChI is InChI=1S/C21H22N2O5/c1-3-27-18-8-5-11-23-20(14(2)22-21(18)23)17(24)10-9-15-6-4-7-16(12-15)28-13-19(25)26/h4-8,11-12H,3,9-10,13H2,1-2H3,(H,25,26). The molecular formula is C21H22N2O5. The fraction of sp³-hybridized carbons (Fsp3) is 0.286. The second-order valence-corrected chi connectivity index (χ2v) is 6.30. The summed E-state index contributed by atoms with van der Waals surface area (Å²) in [5.41, 5.74) is 2.75. The Morgan fingerprint density at radius 2 is 2.00 bits per heavy atom. The number of rotatable bonds is 9. The third-order valence-corrected chi connectivity index (χ3v) is 4.25. The molecule has 1 N–H and O–H groups in total. The Labute approximate surface area is 162 Å². The van der Waals surface area contributed by atoms with Crippen LogP contribution in [-0.2, 0) is 11.2 Å². The first kappa shape index (κ1) is 19.4. The van der Waals surface area contributed by atoms with E-state index in [2.05, 4.69) is 4.98 Å². The molecule has 0 atom stereocenters. The van der Waals surface area contributed by atoms with Crippen LogP contribution in [0.4, 0.5) is 0 Å². The number of fused-ring (bicyclic) bond motifs is 1. The fourth-order valence-corrected chi connectivity index (χ4v) is 3.07. The quantitative estimate of drug-likeness (QED) is 0.571. The molecule has 2 aromatic heterocycles. The van der Waals surface area contributed by atoms with E-state index in [1.54, 1.807) is 22.6 Å². The van der Waals surface area contributed by atoms with Gasteiger partial charge in [-0.25, -0.2) is 9.78 Å². The molecule has 0 aliphatic rings. The lowest BCUT2D eigenvalue weighted by atomic mass is 10.1. The molecule has 0 unspecified atom stereocenters. The van der Waals surface area contributed by atoms with E-state index in [1.807, 2.05) is 38.2 Å². The van der Waals surface area contributed by atoms with Crippen LogP contribution in [0.1, 0.15) is 35.1 Å². The number of carbonyl (C=O) groups excluding carboxylic acids is 1. The third kappa shape index (κ3) is 4.31. The Bertz CT molecular complexity index is 1010. The highest BCUT2D eigenvalue weighted by molar-refractivity contribution is 5.96. The second kappa shape index (κ2) is 8.56. The van der Waals surface area contributed by atoms with Gasteiger partial charge in [0.05, 0.1) is 12.3 Å². The van der Waals surface area contributed by atoms with Gasteiger partial charge in [0.1, 0.15) is 11.4 Å². The number of imidazole rings is 1. The molecule has 3 rings (SSSR count). The molecule has 0 aliphatic heterocycles. The molecule has 146 valence electrons. The molecule has 7 nitrogen and oxygen atoms in total. The van der Waals surface area contributed by atoms with Crippen LogP contribution < -0.4 is 9.47 Å². The van der Waals surface area contributed by atoms with Crippen LogP contribution in [0.3, 0.4) is 0 Å². The Hall–Kier alpha value is -3.35. The number of carboxylic acids is 1. The highest BCUT2D eigenvalue weighted by Crippen LogP contribution is 2.23. The van der Waals surface area contributed by atoms with Crippen molar-refractivity contribution in [3.05, 3.63) is 59.5 Å². The van der Waals surface area contributed by atoms with Gasteiger partial charge in [0.2, 0.25) is 0 Å². The van der Waals surface area contributed by atoms with E-state index < -0.39 is 12.6 Å². The summed E-state index contributed by atoms with van der Waals surface area (Å²) in [5, 5.41) is 8.70. The molecular weight excluding hydrogens is 360 g/mol. The van der Waals surface area contributed by atoms with Gasteiger partial charge >= 0.3 is 5.97 Å². The van der Waals surface area contributed by atoms with Crippen LogP contribution in [0.25, 0.3) is 5.65 Å². The van der Waals surface area contributed by atoms with E-state index in [-0.39, 0.29) is 5.78 Å². The highest BCUT2D eigenvalue weighted by atomic mass is 16.5. The van der Waals surface area contributed by atoms with Crippen LogP contribution in [0.5, 0.6) is 11.5 Å². The van der Waals surface area contributed by atoms with Gasteiger partial charge in [-0.05, 0) is 50.1 Å². The highest BCUT2D eigenvalue weighted by Gasteiger charge is 2.18. The summed E-state index contributed by atoms with van der Waals surface area (Å²) >= 11 is 0. The molecule has 2 heterocycles. The number of ether oxygens (including phenoxy) is 2. The van der Waals surface area contributed by atoms with E-state index in [1.165, 1.54) is 0 Å². The predicted octanol–water partition coefficient (Wildman–Crippen LogP) is 3.32. The fourth-order valence-electron chi connectivity index (χ4n) is 3.07. The second-order valence-electron chi connectivity index (χ2n) is 6.30. The molecule has 3 aromatic rings. The number of ketones is 1. The number of aryl methyl sites for hydroxylation is 2. The first-order chi connectivity index (χ1) is 13.5. The number of pyridine rings is 1. The zero-order chi connectivity index (χ0) is 20.1. The van der Waals surface area contributed by atoms with Gasteiger partial charge in [-0.2, -0.15) is 0 Å². The third-order valence-electron chi connectivity index (χ3n) is 4.25. The normalized spacial score (nSPS) is 10.8. The van der Waals surface area contributed by atoms with E-state index in [0.29, 0.717) is 48.0 Å². The summed E-state index contributed by atoms with van der Waals surface area (Å²) in [6, 6.07) is 10.8. The summed E-state index contributed by atoms with van der Waals surface area (Å²) in [6.45, 7) is 3.84. The smallest absolute Gasteiger partial charge is 0.341 e. The maximum atomic E-state index is 12.9. The van der Waals surface area contributed by atoms with Crippen LogP contribution >= 0.6 is 0 Å². The predicted molar refractivity (Wildman–Crippen MR) is 103 cm³/mol. The summed E-state index contributed by atoms with van der Waals surface area (Å²) in [4.78, 5) is 28.0. The number of hydrogen-bond donors (Lipinski definition) is 1. The van der Waals surface area contributed by atoms with E-state index in [9.17, 15) is 9.59 Å². The number of carboxylic acid groups (broad SMARTS) is 1. The van der Waals surface area contributed by atoms with Crippen molar-refractivity contribution in [2.45, 2.75) is 26.7 Å². The van der Waals surface area contributed by atoms with Gasteiger partial charge in [0, 0.05) is 12.6 Å². The van der Waals surface area contributed by atoms with Crippen LogP contribution in [0.2, 0.25) is 0 Å². The average Bonchev–Trinajstić information content (AvgIpc) is 3.02. The number of carbonyl (C=O) groups is 2. The zero-order valence-corrected chi connectivity index (χ0v) is 15.8. The lowest BCUT2D eigenvalue weighted by Gasteiger charge is -2.07. The van der Waals surface area contributed by atoms with E-state index in [4.69, 9.17) is 14.6 Å². The van der Waals surface area contributed by atoms with Gasteiger partial charge in [0.15, 0.2) is 23.8 Å². The Balaban J connectivity index is 1.75. The summed E-state index contributed by atoms with van der Waals surface area (Å²) < 4.78 is 12.6. The minimum Gasteiger partial charge on any atom is -0.490 e. The number of aliphatic carboxylic acids is 1. The van der Waals surface area contributed by atoms with E-state index >= 15 is 0 Å². The topological polar surface area (TPSA) is 90.1 Å². The first-order valence-corrected chi connectivity index (χ1v) is 9.06. The van der Waals surface area contributed by atoms with Crippen molar-refractivity contribution in [1.29, 1.82) is 0 Å². The Morgan fingerprint density at radius 3 is 2.75 bits per heavy atom. The summed E-state index contributed by atoms with van der Waals surface area (Å²) in [6.07, 6.45) is 2.63. The minimum atomic E-state index is -1.03. The van der Waals surface area contributed by atoms with Gasteiger partial charge in [-0.1, -0.05) is 12.1 Å². The number of benzene rings is 1. The number of hydrogen-bond acceptors (Lipinski definition) is 5. The van der Waals surface area contributed by atoms with E-state index in [0.717, 1.165) is 5.56 Å². The minimum absolute atomic E-state index is 0.0181. The molecule has 0 radical (unpaired) electrons. The molecule has 0 saturated carbocycles. The van der Waals surface area contributed by atoms with Crippen molar-refractivity contribution >= 4 is 17.4 Å². The summed E-state index contributed by atoms with van der Waals surface area (Å²) in [7, 11) is 0. The molecule has 0 amide bonds. The summed E-state index contributed by atoms with van der Waals surface area (Å²) in [5.74, 6) is 0.0701. The zero-order valence-electron chi connectivity index (χ0n) is 15.8. The number of aromatic nitrogens is 2. The Kier molecular flexibility index (Phi) is 5.93. The maximum absolute atomic E-state index is 12.9. The lowest BCUT2D eigenvalue weighted by Crippen LogP contribution is -2.09. The van der Waals surface area contributed by atoms with Gasteiger partial charge in [-0.15, -0.1) is 0 Å². The molecule has 0 spiro atoms. The SMILES string of the molecule is CCOc1cccn2c(C(=O)CCc3cccc(OCC(=O)O)c3)c(C)nc12. The Morgan fingerprint density at radius 1 is 1.18 bits per heavy atom. The van der Waals surface area contributed by atoms with Crippen LogP contribution in [-0.4, -0.2) is 39.5 Å². The largest absolute Gasteiger partial charge is 0.490 e. The molecule has 0 aliphatic carbocycles. The van der Waals surface area contributed by atoms with Crippen molar-refractivity contribution in [3.63, 3.8) is 0 Å². The molecule has 7 heteroatoms. The van der Waals surface area contributed by atoms with Gasteiger partial charge in [-0.3, -0.25) is 9.20 Å². The number of Topliss-reactive ketones (excluding diaryl/α,β-unsaturated/α-hetero) is 1. The van der Waals surface area contributed by atoms with Crippen molar-refractivity contribution < 1.29 is 24.2 Å². The molecule has 0 fully saturated rings. The van der Waals surface area contributed by atoms with Crippen LogP contribution in [0, 0.1) is 6.92 Å². The van der Waals surface area contributed by atoms with Gasteiger partial charge < -0.3 is 14.6 Å². The van der Waals surface area contributed by atoms with Crippen molar-refractivity contribution in [2.24, 2.45) is 0 Å². The molecule has 28 heavy (non-hydrogen) atoms. The number of nitrogens with zero attached hydrogens (tertiary/aromatic N) is 2. The molecule has 1 aromatic carbocycles. The van der Waals surface area contributed by atoms with Crippen molar-refractivity contribution in [1.82, 2.24) is 9.38 Å². The first-order valence-electron chi connectivity index (χ1n) is 9.06. The molecule has 0 bridgehead atoms. The van der Waals surface area contributed by atoms with Crippen LogP contribution in [0.15, 0.2) is 42.6 Å².